The molecule has 0 saturated carbocycles. The van der Waals surface area contributed by atoms with E-state index in [-0.39, 0.29) is 0 Å². The Morgan fingerprint density at radius 2 is 2.50 bits per heavy atom. The molecular weight excluding hydrogens is 146 g/mol. The van der Waals surface area contributed by atoms with Crippen molar-refractivity contribution in [2.45, 2.75) is 0 Å². The largest absolute Gasteiger partial charge is 0.210 e. The van der Waals surface area contributed by atoms with Crippen LogP contribution in [0.15, 0.2) is 10.3 Å². The summed E-state index contributed by atoms with van der Waals surface area (Å²) in [6.45, 7) is 1.73. The first kappa shape index (κ1) is 4.05. The van der Waals surface area contributed by atoms with E-state index in [0.29, 0.717) is 0 Å². The minimum atomic E-state index is 0.825. The zero-order chi connectivity index (χ0) is 4.41. The van der Waals surface area contributed by atoms with Crippen molar-refractivity contribution in [3.8, 4) is 0 Å². The molecule has 0 aromatic rings. The van der Waals surface area contributed by atoms with Gasteiger partial charge in [-0.2, -0.15) is 5.11 Å². The topological polar surface area (TPSA) is 28.0 Å². The van der Waals surface area contributed by atoms with E-state index in [4.69, 9.17) is 0 Å². The normalized spacial score (nSPS) is 19.8. The summed E-state index contributed by atoms with van der Waals surface area (Å²) in [6, 6.07) is 0. The molecule has 0 aromatic heterocycles. The fourth-order valence-corrected chi connectivity index (χ4v) is 0.544. The Labute approximate surface area is 44.4 Å². The van der Waals surface area contributed by atoms with E-state index in [9.17, 15) is 0 Å². The highest BCUT2D eigenvalue weighted by Crippen LogP contribution is 2.03. The summed E-state index contributed by atoms with van der Waals surface area (Å²) in [4.78, 5) is 0. The molecule has 0 N–H and O–H groups in total. The lowest BCUT2D eigenvalue weighted by Crippen LogP contribution is -1.98. The lowest BCUT2D eigenvalue weighted by atomic mass is 10.7. The van der Waals surface area contributed by atoms with Crippen molar-refractivity contribution in [1.29, 1.82) is 0 Å². The molecule has 0 amide bonds. The standard InChI is InChI=1S/C2H4BrN3/c3-6-2-1-4-5-6/h1-2H2. The maximum absolute atomic E-state index is 3.67. The Hall–Kier alpha value is -0.120. The second-order valence-corrected chi connectivity index (χ2v) is 1.83. The first-order valence-electron chi connectivity index (χ1n) is 1.70. The smallest absolute Gasteiger partial charge is 0.0823 e. The van der Waals surface area contributed by atoms with Crippen LogP contribution in [-0.4, -0.2) is 17.1 Å². The molecule has 1 rings (SSSR count). The van der Waals surface area contributed by atoms with E-state index in [1.165, 1.54) is 0 Å². The van der Waals surface area contributed by atoms with Gasteiger partial charge >= 0.3 is 0 Å². The van der Waals surface area contributed by atoms with E-state index in [0.717, 1.165) is 13.1 Å². The van der Waals surface area contributed by atoms with Gasteiger partial charge in [0.25, 0.3) is 0 Å². The lowest BCUT2D eigenvalue weighted by molar-refractivity contribution is 0.581. The third kappa shape index (κ3) is 0.680. The molecule has 0 atom stereocenters. The highest BCUT2D eigenvalue weighted by molar-refractivity contribution is 9.07. The summed E-state index contributed by atoms with van der Waals surface area (Å²) in [5.74, 6) is 0. The van der Waals surface area contributed by atoms with Crippen LogP contribution in [0.2, 0.25) is 0 Å². The van der Waals surface area contributed by atoms with Crippen molar-refractivity contribution >= 4 is 16.1 Å². The molecule has 1 aliphatic heterocycles. The molecule has 0 fully saturated rings. The monoisotopic (exact) mass is 149 g/mol. The average Bonchev–Trinajstić information content (AvgIpc) is 1.86. The second kappa shape index (κ2) is 1.55. The van der Waals surface area contributed by atoms with Crippen LogP contribution in [0, 0.1) is 0 Å². The molecule has 6 heavy (non-hydrogen) atoms. The van der Waals surface area contributed by atoms with Gasteiger partial charge in [0.2, 0.25) is 0 Å². The summed E-state index contributed by atoms with van der Waals surface area (Å²) < 4.78 is 1.63. The summed E-state index contributed by atoms with van der Waals surface area (Å²) in [5, 5.41) is 7.28. The van der Waals surface area contributed by atoms with Crippen LogP contribution in [0.1, 0.15) is 0 Å². The van der Waals surface area contributed by atoms with Crippen LogP contribution in [0.4, 0.5) is 0 Å². The molecular formula is C2H4BrN3. The van der Waals surface area contributed by atoms with Crippen LogP contribution in [-0.2, 0) is 0 Å². The second-order valence-electron chi connectivity index (χ2n) is 1.01. The van der Waals surface area contributed by atoms with Crippen molar-refractivity contribution in [2.24, 2.45) is 10.3 Å². The molecule has 1 heterocycles. The predicted molar refractivity (Wildman–Crippen MR) is 25.4 cm³/mol. The van der Waals surface area contributed by atoms with Gasteiger partial charge in [0.05, 0.1) is 29.2 Å². The number of nitrogens with zero attached hydrogens (tertiary/aromatic N) is 3. The minimum absolute atomic E-state index is 0.825. The van der Waals surface area contributed by atoms with Crippen LogP contribution < -0.4 is 0 Å². The summed E-state index contributed by atoms with van der Waals surface area (Å²) in [7, 11) is 0. The maximum Gasteiger partial charge on any atom is 0.0823 e. The Bertz CT molecular complexity index is 71.2. The van der Waals surface area contributed by atoms with Gasteiger partial charge in [-0.25, -0.2) is 4.03 Å². The molecule has 1 aliphatic rings. The van der Waals surface area contributed by atoms with Gasteiger partial charge in [-0.15, -0.1) is 0 Å². The molecule has 4 heteroatoms. The van der Waals surface area contributed by atoms with E-state index in [1.807, 2.05) is 0 Å². The zero-order valence-electron chi connectivity index (χ0n) is 3.13. The van der Waals surface area contributed by atoms with Crippen molar-refractivity contribution in [2.75, 3.05) is 13.1 Å². The Balaban J connectivity index is 2.38. The third-order valence-corrected chi connectivity index (χ3v) is 1.04. The lowest BCUT2D eigenvalue weighted by Gasteiger charge is -1.92. The van der Waals surface area contributed by atoms with Gasteiger partial charge in [0, 0.05) is 0 Å². The van der Waals surface area contributed by atoms with Gasteiger partial charge in [0.15, 0.2) is 0 Å². The van der Waals surface area contributed by atoms with Crippen LogP contribution in [0.3, 0.4) is 0 Å². The fourth-order valence-electron chi connectivity index (χ4n) is 0.285. The molecule has 0 aliphatic carbocycles. The third-order valence-electron chi connectivity index (χ3n) is 0.545. The van der Waals surface area contributed by atoms with Crippen LogP contribution >= 0.6 is 16.1 Å². The Morgan fingerprint density at radius 3 is 2.67 bits per heavy atom. The van der Waals surface area contributed by atoms with Crippen LogP contribution in [0.25, 0.3) is 0 Å². The molecule has 0 saturated heterocycles. The number of halogens is 1. The fraction of sp³-hybridized carbons (Fsp3) is 1.00. The highest BCUT2D eigenvalue weighted by Gasteiger charge is 1.98. The first-order valence-corrected chi connectivity index (χ1v) is 2.41. The van der Waals surface area contributed by atoms with Gasteiger partial charge < -0.3 is 0 Å². The van der Waals surface area contributed by atoms with Crippen molar-refractivity contribution in [3.05, 3.63) is 0 Å². The molecule has 0 spiro atoms. The molecule has 0 bridgehead atoms. The van der Waals surface area contributed by atoms with Gasteiger partial charge in [-0.1, -0.05) is 5.22 Å². The van der Waals surface area contributed by atoms with E-state index >= 15 is 0 Å². The molecule has 0 unspecified atom stereocenters. The molecule has 34 valence electrons. The molecule has 0 aromatic carbocycles. The summed E-state index contributed by atoms with van der Waals surface area (Å²) in [6.07, 6.45) is 0. The van der Waals surface area contributed by atoms with E-state index in [2.05, 4.69) is 26.5 Å². The minimum Gasteiger partial charge on any atom is -0.210 e. The number of rotatable bonds is 0. The number of hydrogen-bond acceptors (Lipinski definition) is 3. The highest BCUT2D eigenvalue weighted by atomic mass is 79.9. The van der Waals surface area contributed by atoms with E-state index < -0.39 is 0 Å². The first-order chi connectivity index (χ1) is 2.89. The average molecular weight is 150 g/mol. The summed E-state index contributed by atoms with van der Waals surface area (Å²) >= 11 is 3.11. The molecule has 0 radical (unpaired) electrons. The SMILES string of the molecule is BrN1CCN=N1. The molecule has 3 nitrogen and oxygen atoms in total. The van der Waals surface area contributed by atoms with E-state index in [1.54, 1.807) is 4.03 Å². The van der Waals surface area contributed by atoms with Crippen molar-refractivity contribution < 1.29 is 0 Å². The van der Waals surface area contributed by atoms with Gasteiger partial charge in [-0.3, -0.25) is 0 Å². The van der Waals surface area contributed by atoms with Crippen molar-refractivity contribution in [3.63, 3.8) is 0 Å². The van der Waals surface area contributed by atoms with Gasteiger partial charge in [0.1, 0.15) is 0 Å². The predicted octanol–water partition coefficient (Wildman–Crippen LogP) is 0.979. The summed E-state index contributed by atoms with van der Waals surface area (Å²) in [5.41, 5.74) is 0. The Morgan fingerprint density at radius 1 is 1.67 bits per heavy atom. The zero-order valence-corrected chi connectivity index (χ0v) is 4.72. The van der Waals surface area contributed by atoms with Crippen molar-refractivity contribution in [1.82, 2.24) is 4.03 Å². The Kier molecular flexibility index (Phi) is 1.05. The van der Waals surface area contributed by atoms with Crippen LogP contribution in [0.5, 0.6) is 0 Å². The quantitative estimate of drug-likeness (QED) is 0.473. The van der Waals surface area contributed by atoms with Gasteiger partial charge in [-0.05, 0) is 0 Å². The maximum atomic E-state index is 3.67. The number of hydrogen-bond donors (Lipinski definition) is 0.